The van der Waals surface area contributed by atoms with Crippen molar-refractivity contribution in [3.63, 3.8) is 0 Å². The fourth-order valence-electron chi connectivity index (χ4n) is 3.36. The zero-order valence-corrected chi connectivity index (χ0v) is 13.8. The monoisotopic (exact) mass is 336 g/mol. The van der Waals surface area contributed by atoms with Crippen molar-refractivity contribution in [1.82, 2.24) is 15.3 Å². The average Bonchev–Trinajstić information content (AvgIpc) is 3.09. The maximum atomic E-state index is 12.5. The SMILES string of the molecule is O=C1C(=O)N2CCN(c3ccccc3)C2NN1CCc1ccccc1. The van der Waals surface area contributed by atoms with Gasteiger partial charge in [0, 0.05) is 25.3 Å². The zero-order chi connectivity index (χ0) is 17.2. The van der Waals surface area contributed by atoms with Gasteiger partial charge in [0.05, 0.1) is 0 Å². The van der Waals surface area contributed by atoms with Gasteiger partial charge in [-0.15, -0.1) is 0 Å². The molecule has 25 heavy (non-hydrogen) atoms. The Morgan fingerprint density at radius 1 is 0.840 bits per heavy atom. The molecule has 0 saturated carbocycles. The Bertz CT molecular complexity index is 766. The number of nitrogens with one attached hydrogen (secondary N) is 1. The molecule has 4 rings (SSSR count). The fourth-order valence-corrected chi connectivity index (χ4v) is 3.36. The van der Waals surface area contributed by atoms with E-state index in [-0.39, 0.29) is 6.29 Å². The number of carbonyl (C=O) groups excluding carboxylic acids is 2. The number of hydrogen-bond donors (Lipinski definition) is 1. The summed E-state index contributed by atoms with van der Waals surface area (Å²) < 4.78 is 0. The number of fused-ring (bicyclic) bond motifs is 1. The first-order valence-electron chi connectivity index (χ1n) is 8.48. The number of carbonyl (C=O) groups is 2. The second kappa shape index (κ2) is 6.57. The second-order valence-electron chi connectivity index (χ2n) is 6.22. The molecule has 0 aliphatic carbocycles. The Morgan fingerprint density at radius 3 is 2.20 bits per heavy atom. The number of anilines is 1. The highest BCUT2D eigenvalue weighted by Gasteiger charge is 2.44. The van der Waals surface area contributed by atoms with Crippen molar-refractivity contribution >= 4 is 17.5 Å². The van der Waals surface area contributed by atoms with E-state index in [0.717, 1.165) is 11.3 Å². The van der Waals surface area contributed by atoms with Crippen LogP contribution in [0.2, 0.25) is 0 Å². The molecule has 0 spiro atoms. The van der Waals surface area contributed by atoms with Crippen LogP contribution in [-0.4, -0.2) is 47.6 Å². The molecule has 1 unspecified atom stereocenters. The first-order valence-corrected chi connectivity index (χ1v) is 8.48. The van der Waals surface area contributed by atoms with Gasteiger partial charge < -0.3 is 4.90 Å². The lowest BCUT2D eigenvalue weighted by atomic mass is 10.1. The lowest BCUT2D eigenvalue weighted by Crippen LogP contribution is -2.67. The Balaban J connectivity index is 1.50. The number of hydrogen-bond acceptors (Lipinski definition) is 4. The van der Waals surface area contributed by atoms with E-state index in [0.29, 0.717) is 26.1 Å². The summed E-state index contributed by atoms with van der Waals surface area (Å²) in [7, 11) is 0. The minimum Gasteiger partial charge on any atom is -0.336 e. The van der Waals surface area contributed by atoms with Gasteiger partial charge in [0.15, 0.2) is 6.29 Å². The summed E-state index contributed by atoms with van der Waals surface area (Å²) in [6, 6.07) is 19.9. The van der Waals surface area contributed by atoms with Crippen LogP contribution in [0.5, 0.6) is 0 Å². The van der Waals surface area contributed by atoms with Crippen LogP contribution in [0.25, 0.3) is 0 Å². The van der Waals surface area contributed by atoms with Crippen LogP contribution in [0.3, 0.4) is 0 Å². The largest absolute Gasteiger partial charge is 0.336 e. The minimum absolute atomic E-state index is 0.316. The third kappa shape index (κ3) is 2.96. The van der Waals surface area contributed by atoms with Crippen molar-refractivity contribution in [2.24, 2.45) is 0 Å². The Morgan fingerprint density at radius 2 is 1.48 bits per heavy atom. The molecule has 2 amide bonds. The third-order valence-electron chi connectivity index (χ3n) is 4.69. The van der Waals surface area contributed by atoms with Crippen molar-refractivity contribution < 1.29 is 9.59 Å². The predicted octanol–water partition coefficient (Wildman–Crippen LogP) is 1.21. The molecule has 2 heterocycles. The smallest absolute Gasteiger partial charge is 0.326 e. The molecule has 2 aromatic rings. The van der Waals surface area contributed by atoms with Crippen LogP contribution >= 0.6 is 0 Å². The molecule has 0 aromatic heterocycles. The van der Waals surface area contributed by atoms with Gasteiger partial charge in [-0.2, -0.15) is 5.43 Å². The van der Waals surface area contributed by atoms with Crippen molar-refractivity contribution in [1.29, 1.82) is 0 Å². The topological polar surface area (TPSA) is 55.9 Å². The molecule has 0 bridgehead atoms. The number of para-hydroxylation sites is 1. The maximum Gasteiger partial charge on any atom is 0.326 e. The summed E-state index contributed by atoms with van der Waals surface area (Å²) in [6.45, 7) is 1.71. The first-order chi connectivity index (χ1) is 12.2. The molecule has 2 fully saturated rings. The lowest BCUT2D eigenvalue weighted by Gasteiger charge is -2.40. The van der Waals surface area contributed by atoms with Crippen LogP contribution < -0.4 is 10.3 Å². The summed E-state index contributed by atoms with van der Waals surface area (Å²) >= 11 is 0. The average molecular weight is 336 g/mol. The molecular weight excluding hydrogens is 316 g/mol. The number of rotatable bonds is 4. The quantitative estimate of drug-likeness (QED) is 0.853. The van der Waals surface area contributed by atoms with Crippen LogP contribution in [0.4, 0.5) is 5.69 Å². The lowest BCUT2D eigenvalue weighted by molar-refractivity contribution is -0.162. The van der Waals surface area contributed by atoms with E-state index in [1.54, 1.807) is 4.90 Å². The highest BCUT2D eigenvalue weighted by atomic mass is 16.2. The third-order valence-corrected chi connectivity index (χ3v) is 4.69. The fraction of sp³-hybridized carbons (Fsp3) is 0.263. The van der Waals surface area contributed by atoms with Gasteiger partial charge in [-0.1, -0.05) is 48.5 Å². The molecule has 128 valence electrons. The molecule has 1 atom stereocenters. The summed E-state index contributed by atoms with van der Waals surface area (Å²) in [4.78, 5) is 28.6. The molecule has 2 aliphatic rings. The molecule has 2 saturated heterocycles. The van der Waals surface area contributed by atoms with E-state index in [4.69, 9.17) is 0 Å². The number of benzene rings is 2. The van der Waals surface area contributed by atoms with Crippen LogP contribution in [0.15, 0.2) is 60.7 Å². The summed E-state index contributed by atoms with van der Waals surface area (Å²) in [6.07, 6.45) is 0.383. The number of hydrazine groups is 1. The van der Waals surface area contributed by atoms with Gasteiger partial charge in [-0.3, -0.25) is 19.5 Å². The van der Waals surface area contributed by atoms with E-state index in [9.17, 15) is 9.59 Å². The molecule has 1 N–H and O–H groups in total. The Hall–Kier alpha value is -2.86. The van der Waals surface area contributed by atoms with E-state index >= 15 is 0 Å². The predicted molar refractivity (Wildman–Crippen MR) is 94.3 cm³/mol. The van der Waals surface area contributed by atoms with Crippen LogP contribution in [-0.2, 0) is 16.0 Å². The zero-order valence-electron chi connectivity index (χ0n) is 13.8. The summed E-state index contributed by atoms with van der Waals surface area (Å²) in [5.41, 5.74) is 5.40. The summed E-state index contributed by atoms with van der Waals surface area (Å²) in [5, 5.41) is 1.46. The normalized spacial score (nSPS) is 20.2. The number of amides is 2. The van der Waals surface area contributed by atoms with E-state index in [1.165, 1.54) is 5.01 Å². The first kappa shape index (κ1) is 15.7. The van der Waals surface area contributed by atoms with Gasteiger partial charge in [-0.25, -0.2) is 0 Å². The highest BCUT2D eigenvalue weighted by Crippen LogP contribution is 2.24. The van der Waals surface area contributed by atoms with Gasteiger partial charge in [0.1, 0.15) is 0 Å². The number of nitrogens with zero attached hydrogens (tertiary/aromatic N) is 3. The van der Waals surface area contributed by atoms with Crippen molar-refractivity contribution in [3.05, 3.63) is 66.2 Å². The van der Waals surface area contributed by atoms with Crippen molar-refractivity contribution in [2.75, 3.05) is 24.5 Å². The minimum atomic E-state index is -0.484. The van der Waals surface area contributed by atoms with Crippen LogP contribution in [0.1, 0.15) is 5.56 Å². The standard InChI is InChI=1S/C19H20N4O2/c24-17-18(25)23(12-11-15-7-3-1-4-8-15)20-19-21(13-14-22(17)19)16-9-5-2-6-10-16/h1-10,19-20H,11-14H2. The molecule has 0 radical (unpaired) electrons. The Kier molecular flexibility index (Phi) is 4.11. The molecule has 2 aromatic carbocycles. The molecular formula is C19H20N4O2. The van der Waals surface area contributed by atoms with Gasteiger partial charge in [0.2, 0.25) is 0 Å². The van der Waals surface area contributed by atoms with E-state index in [2.05, 4.69) is 10.3 Å². The maximum absolute atomic E-state index is 12.5. The van der Waals surface area contributed by atoms with Gasteiger partial charge >= 0.3 is 11.8 Å². The van der Waals surface area contributed by atoms with Crippen LogP contribution in [0, 0.1) is 0 Å². The Labute approximate surface area is 146 Å². The van der Waals surface area contributed by atoms with Crippen molar-refractivity contribution in [3.8, 4) is 0 Å². The highest BCUT2D eigenvalue weighted by molar-refractivity contribution is 6.35. The van der Waals surface area contributed by atoms with Gasteiger partial charge in [-0.05, 0) is 24.1 Å². The summed E-state index contributed by atoms with van der Waals surface area (Å²) in [5.74, 6) is -0.919. The second-order valence-corrected chi connectivity index (χ2v) is 6.22. The van der Waals surface area contributed by atoms with E-state index < -0.39 is 11.8 Å². The van der Waals surface area contributed by atoms with E-state index in [1.807, 2.05) is 60.7 Å². The molecule has 6 heteroatoms. The molecule has 2 aliphatic heterocycles. The van der Waals surface area contributed by atoms with Gasteiger partial charge in [0.25, 0.3) is 0 Å². The van der Waals surface area contributed by atoms with Crippen molar-refractivity contribution in [2.45, 2.75) is 12.7 Å². The molecule has 6 nitrogen and oxygen atoms in total.